The molecule has 0 aromatic carbocycles. The SMILES string of the molecule is CCCCN(C(=O)C(C)(C)C)C1CCCCC1. The highest BCUT2D eigenvalue weighted by Gasteiger charge is 2.31. The third-order valence-corrected chi connectivity index (χ3v) is 3.67. The molecule has 0 aliphatic heterocycles. The summed E-state index contributed by atoms with van der Waals surface area (Å²) in [7, 11) is 0. The van der Waals surface area contributed by atoms with Gasteiger partial charge in [0.15, 0.2) is 0 Å². The number of amides is 1. The molecular weight excluding hydrogens is 210 g/mol. The fourth-order valence-corrected chi connectivity index (χ4v) is 2.60. The van der Waals surface area contributed by atoms with E-state index in [-0.39, 0.29) is 5.41 Å². The zero-order valence-electron chi connectivity index (χ0n) is 12.1. The van der Waals surface area contributed by atoms with E-state index in [0.717, 1.165) is 13.0 Å². The Morgan fingerprint density at radius 3 is 2.24 bits per heavy atom. The molecule has 0 aromatic heterocycles. The molecule has 2 nitrogen and oxygen atoms in total. The summed E-state index contributed by atoms with van der Waals surface area (Å²) in [4.78, 5) is 14.7. The lowest BCUT2D eigenvalue weighted by Gasteiger charge is -2.38. The van der Waals surface area contributed by atoms with Crippen LogP contribution >= 0.6 is 0 Å². The summed E-state index contributed by atoms with van der Waals surface area (Å²) in [6.07, 6.45) is 8.67. The molecule has 1 fully saturated rings. The lowest BCUT2D eigenvalue weighted by atomic mass is 9.89. The Balaban J connectivity index is 2.68. The molecule has 0 bridgehead atoms. The average Bonchev–Trinajstić information content (AvgIpc) is 2.29. The summed E-state index contributed by atoms with van der Waals surface area (Å²) >= 11 is 0. The predicted molar refractivity (Wildman–Crippen MR) is 72.9 cm³/mol. The van der Waals surface area contributed by atoms with Crippen LogP contribution in [0.2, 0.25) is 0 Å². The number of rotatable bonds is 4. The highest BCUT2D eigenvalue weighted by Crippen LogP contribution is 2.27. The molecule has 0 radical (unpaired) electrons. The standard InChI is InChI=1S/C15H29NO/c1-5-6-12-16(14(17)15(2,3)4)13-10-8-7-9-11-13/h13H,5-12H2,1-4H3. The fraction of sp³-hybridized carbons (Fsp3) is 0.933. The van der Waals surface area contributed by atoms with Gasteiger partial charge >= 0.3 is 0 Å². The lowest BCUT2D eigenvalue weighted by molar-refractivity contribution is -0.142. The van der Waals surface area contributed by atoms with Crippen molar-refractivity contribution in [3.63, 3.8) is 0 Å². The van der Waals surface area contributed by atoms with Crippen LogP contribution in [0.25, 0.3) is 0 Å². The van der Waals surface area contributed by atoms with Crippen LogP contribution in [0.15, 0.2) is 0 Å². The highest BCUT2D eigenvalue weighted by molar-refractivity contribution is 5.81. The summed E-state index contributed by atoms with van der Waals surface area (Å²) < 4.78 is 0. The van der Waals surface area contributed by atoms with Gasteiger partial charge in [-0.25, -0.2) is 0 Å². The summed E-state index contributed by atoms with van der Waals surface area (Å²) in [5, 5.41) is 0. The van der Waals surface area contributed by atoms with Crippen molar-refractivity contribution in [2.75, 3.05) is 6.54 Å². The number of hydrogen-bond donors (Lipinski definition) is 0. The lowest BCUT2D eigenvalue weighted by Crippen LogP contribution is -2.47. The maximum atomic E-state index is 12.5. The summed E-state index contributed by atoms with van der Waals surface area (Å²) in [6.45, 7) is 9.27. The van der Waals surface area contributed by atoms with Gasteiger partial charge in [-0.15, -0.1) is 0 Å². The van der Waals surface area contributed by atoms with Crippen molar-refractivity contribution < 1.29 is 4.79 Å². The van der Waals surface area contributed by atoms with Crippen LogP contribution in [0, 0.1) is 5.41 Å². The molecule has 1 amide bonds. The van der Waals surface area contributed by atoms with Crippen molar-refractivity contribution >= 4 is 5.91 Å². The molecular formula is C15H29NO. The Labute approximate surface area is 107 Å². The van der Waals surface area contributed by atoms with Crippen molar-refractivity contribution in [2.45, 2.75) is 78.7 Å². The number of nitrogens with zero attached hydrogens (tertiary/aromatic N) is 1. The highest BCUT2D eigenvalue weighted by atomic mass is 16.2. The predicted octanol–water partition coefficient (Wildman–Crippen LogP) is 3.99. The van der Waals surface area contributed by atoms with Crippen LogP contribution in [-0.4, -0.2) is 23.4 Å². The molecule has 100 valence electrons. The second-order valence-electron chi connectivity index (χ2n) is 6.39. The van der Waals surface area contributed by atoms with Gasteiger partial charge < -0.3 is 4.90 Å². The van der Waals surface area contributed by atoms with E-state index >= 15 is 0 Å². The first-order valence-corrected chi connectivity index (χ1v) is 7.28. The van der Waals surface area contributed by atoms with Gasteiger partial charge in [-0.05, 0) is 19.3 Å². The zero-order valence-corrected chi connectivity index (χ0v) is 12.1. The summed E-state index contributed by atoms with van der Waals surface area (Å²) in [5.74, 6) is 0.345. The Morgan fingerprint density at radius 2 is 1.76 bits per heavy atom. The summed E-state index contributed by atoms with van der Waals surface area (Å²) in [6, 6.07) is 0.516. The van der Waals surface area contributed by atoms with E-state index < -0.39 is 0 Å². The quantitative estimate of drug-likeness (QED) is 0.726. The normalized spacial score (nSPS) is 18.1. The van der Waals surface area contributed by atoms with Crippen LogP contribution in [0.3, 0.4) is 0 Å². The monoisotopic (exact) mass is 239 g/mol. The molecule has 0 heterocycles. The van der Waals surface area contributed by atoms with E-state index in [4.69, 9.17) is 0 Å². The average molecular weight is 239 g/mol. The van der Waals surface area contributed by atoms with E-state index in [1.807, 2.05) is 20.8 Å². The second kappa shape index (κ2) is 6.42. The molecule has 0 aromatic rings. The Kier molecular flexibility index (Phi) is 5.48. The van der Waals surface area contributed by atoms with Crippen molar-refractivity contribution in [3.05, 3.63) is 0 Å². The topological polar surface area (TPSA) is 20.3 Å². The first-order chi connectivity index (χ1) is 7.96. The molecule has 1 saturated carbocycles. The van der Waals surface area contributed by atoms with E-state index in [9.17, 15) is 4.79 Å². The number of carbonyl (C=O) groups excluding carboxylic acids is 1. The van der Waals surface area contributed by atoms with Gasteiger partial charge in [0, 0.05) is 18.0 Å². The molecule has 0 N–H and O–H groups in total. The minimum atomic E-state index is -0.231. The van der Waals surface area contributed by atoms with Crippen LogP contribution in [0.4, 0.5) is 0 Å². The Bertz CT molecular complexity index is 236. The molecule has 2 heteroatoms. The third kappa shape index (κ3) is 4.33. The number of unbranched alkanes of at least 4 members (excludes halogenated alkanes) is 1. The molecule has 1 rings (SSSR count). The summed E-state index contributed by atoms with van der Waals surface area (Å²) in [5.41, 5.74) is -0.231. The Morgan fingerprint density at radius 1 is 1.18 bits per heavy atom. The maximum Gasteiger partial charge on any atom is 0.228 e. The molecule has 0 spiro atoms. The molecule has 17 heavy (non-hydrogen) atoms. The molecule has 0 atom stereocenters. The van der Waals surface area contributed by atoms with Crippen LogP contribution in [0.1, 0.15) is 72.6 Å². The van der Waals surface area contributed by atoms with Crippen LogP contribution in [0.5, 0.6) is 0 Å². The van der Waals surface area contributed by atoms with E-state index in [1.165, 1.54) is 38.5 Å². The van der Waals surface area contributed by atoms with E-state index in [0.29, 0.717) is 11.9 Å². The van der Waals surface area contributed by atoms with E-state index in [1.54, 1.807) is 0 Å². The molecule has 1 aliphatic rings. The van der Waals surface area contributed by atoms with Gasteiger partial charge in [0.25, 0.3) is 0 Å². The molecule has 0 unspecified atom stereocenters. The third-order valence-electron chi connectivity index (χ3n) is 3.67. The van der Waals surface area contributed by atoms with Crippen molar-refractivity contribution in [2.24, 2.45) is 5.41 Å². The Hall–Kier alpha value is -0.530. The van der Waals surface area contributed by atoms with E-state index in [2.05, 4.69) is 11.8 Å². The molecule has 1 aliphatic carbocycles. The van der Waals surface area contributed by atoms with Gasteiger partial charge in [-0.2, -0.15) is 0 Å². The van der Waals surface area contributed by atoms with Crippen molar-refractivity contribution in [3.8, 4) is 0 Å². The number of hydrogen-bond acceptors (Lipinski definition) is 1. The maximum absolute atomic E-state index is 12.5. The minimum absolute atomic E-state index is 0.231. The zero-order chi connectivity index (χ0) is 12.9. The largest absolute Gasteiger partial charge is 0.339 e. The van der Waals surface area contributed by atoms with Gasteiger partial charge in [-0.1, -0.05) is 53.4 Å². The van der Waals surface area contributed by atoms with Crippen molar-refractivity contribution in [1.29, 1.82) is 0 Å². The van der Waals surface area contributed by atoms with Crippen molar-refractivity contribution in [1.82, 2.24) is 4.90 Å². The van der Waals surface area contributed by atoms with Crippen LogP contribution < -0.4 is 0 Å². The van der Waals surface area contributed by atoms with Crippen LogP contribution in [-0.2, 0) is 4.79 Å². The smallest absolute Gasteiger partial charge is 0.228 e. The van der Waals surface area contributed by atoms with Gasteiger partial charge in [0.2, 0.25) is 5.91 Å². The fourth-order valence-electron chi connectivity index (χ4n) is 2.60. The first kappa shape index (κ1) is 14.5. The van der Waals surface area contributed by atoms with Gasteiger partial charge in [-0.3, -0.25) is 4.79 Å². The number of carbonyl (C=O) groups is 1. The first-order valence-electron chi connectivity index (χ1n) is 7.28. The van der Waals surface area contributed by atoms with Gasteiger partial charge in [0.1, 0.15) is 0 Å². The molecule has 0 saturated heterocycles. The second-order valence-corrected chi connectivity index (χ2v) is 6.39. The minimum Gasteiger partial charge on any atom is -0.339 e. The van der Waals surface area contributed by atoms with Gasteiger partial charge in [0.05, 0.1) is 0 Å².